The summed E-state index contributed by atoms with van der Waals surface area (Å²) in [6.45, 7) is 5.62. The molecule has 1 fully saturated rings. The van der Waals surface area contributed by atoms with E-state index >= 15 is 0 Å². The number of fused-ring (bicyclic) bond motifs is 1. The normalized spacial score (nSPS) is 20.9. The van der Waals surface area contributed by atoms with Crippen LogP contribution in [0.2, 0.25) is 0 Å². The molecule has 2 atom stereocenters. The van der Waals surface area contributed by atoms with Crippen molar-refractivity contribution in [3.8, 4) is 5.75 Å². The van der Waals surface area contributed by atoms with Crippen LogP contribution in [0.1, 0.15) is 12.7 Å². The van der Waals surface area contributed by atoms with Gasteiger partial charge in [-0.1, -0.05) is 0 Å². The average molecular weight is 329 g/mol. The highest BCUT2D eigenvalue weighted by Gasteiger charge is 2.34. The monoisotopic (exact) mass is 329 g/mol. The van der Waals surface area contributed by atoms with Crippen LogP contribution in [0, 0.1) is 6.92 Å². The van der Waals surface area contributed by atoms with Crippen molar-refractivity contribution < 1.29 is 9.84 Å². The van der Waals surface area contributed by atoms with Crippen LogP contribution in [0.15, 0.2) is 24.5 Å². The summed E-state index contributed by atoms with van der Waals surface area (Å²) in [6, 6.07) is 3.75. The van der Waals surface area contributed by atoms with Crippen molar-refractivity contribution in [2.24, 2.45) is 0 Å². The minimum atomic E-state index is -0.593. The van der Waals surface area contributed by atoms with Crippen LogP contribution in [0.4, 0.5) is 5.82 Å². The number of rotatable bonds is 4. The number of hydrogen-bond donors (Lipinski definition) is 1. The van der Waals surface area contributed by atoms with Gasteiger partial charge >= 0.3 is 0 Å². The first-order valence-electron chi connectivity index (χ1n) is 7.95. The molecule has 3 aromatic heterocycles. The molecule has 126 valence electrons. The predicted octanol–water partition coefficient (Wildman–Crippen LogP) is 0.278. The van der Waals surface area contributed by atoms with E-state index in [9.17, 15) is 5.11 Å². The van der Waals surface area contributed by atoms with Gasteiger partial charge in [0.05, 0.1) is 18.9 Å². The summed E-state index contributed by atoms with van der Waals surface area (Å²) in [5.41, 5.74) is 0.704. The molecular formula is C15H19N7O2. The molecule has 0 spiro atoms. The maximum absolute atomic E-state index is 10.3. The van der Waals surface area contributed by atoms with Crippen molar-refractivity contribution >= 4 is 11.5 Å². The molecule has 9 nitrogen and oxygen atoms in total. The van der Waals surface area contributed by atoms with E-state index < -0.39 is 6.10 Å². The molecule has 4 heterocycles. The lowest BCUT2D eigenvalue weighted by atomic mass is 10.3. The van der Waals surface area contributed by atoms with E-state index in [-0.39, 0.29) is 6.10 Å². The van der Waals surface area contributed by atoms with E-state index in [1.54, 1.807) is 10.9 Å². The lowest BCUT2D eigenvalue weighted by molar-refractivity contribution is 0.0737. The second-order valence-corrected chi connectivity index (χ2v) is 5.86. The molecule has 0 unspecified atom stereocenters. The van der Waals surface area contributed by atoms with Crippen molar-refractivity contribution in [3.05, 3.63) is 30.4 Å². The molecule has 3 aromatic rings. The number of hydrogen-bond acceptors (Lipinski definition) is 7. The average Bonchev–Trinajstić information content (AvgIpc) is 3.25. The Balaban J connectivity index is 1.50. The Hall–Kier alpha value is -2.68. The minimum Gasteiger partial charge on any atom is -0.482 e. The molecule has 0 aliphatic carbocycles. The maximum atomic E-state index is 10.3. The topological polar surface area (TPSA) is 93.6 Å². The maximum Gasteiger partial charge on any atom is 0.176 e. The molecule has 0 saturated carbocycles. The molecule has 1 saturated heterocycles. The number of β-amino-alcohol motifs (C(OH)–C–C–N with tert-alkyl or cyclic N) is 1. The number of aliphatic hydroxyl groups is 1. The van der Waals surface area contributed by atoms with Crippen LogP contribution in [0.5, 0.6) is 5.75 Å². The Labute approximate surface area is 138 Å². The molecule has 0 aromatic carbocycles. The van der Waals surface area contributed by atoms with Crippen LogP contribution < -0.4 is 9.64 Å². The Morgan fingerprint density at radius 3 is 2.96 bits per heavy atom. The summed E-state index contributed by atoms with van der Waals surface area (Å²) >= 11 is 0. The lowest BCUT2D eigenvalue weighted by Crippen LogP contribution is -2.29. The summed E-state index contributed by atoms with van der Waals surface area (Å²) in [5, 5.41) is 23.2. The fourth-order valence-corrected chi connectivity index (χ4v) is 2.86. The van der Waals surface area contributed by atoms with Gasteiger partial charge in [-0.25, -0.2) is 4.98 Å². The van der Waals surface area contributed by atoms with Gasteiger partial charge in [-0.05, 0) is 26.0 Å². The van der Waals surface area contributed by atoms with Gasteiger partial charge in [0, 0.05) is 13.1 Å². The zero-order valence-electron chi connectivity index (χ0n) is 13.6. The van der Waals surface area contributed by atoms with Gasteiger partial charge in [0.25, 0.3) is 0 Å². The molecule has 0 radical (unpaired) electrons. The number of aromatic nitrogens is 6. The third kappa shape index (κ3) is 2.67. The minimum absolute atomic E-state index is 0.325. The second kappa shape index (κ2) is 5.75. The number of aliphatic hydroxyl groups excluding tert-OH is 1. The van der Waals surface area contributed by atoms with E-state index in [4.69, 9.17) is 4.74 Å². The zero-order valence-corrected chi connectivity index (χ0v) is 13.6. The van der Waals surface area contributed by atoms with Gasteiger partial charge in [-0.3, -0.25) is 4.68 Å². The largest absolute Gasteiger partial charge is 0.482 e. The summed E-state index contributed by atoms with van der Waals surface area (Å²) in [7, 11) is 0. The first-order chi connectivity index (χ1) is 11.6. The third-order valence-electron chi connectivity index (χ3n) is 4.08. The fraction of sp³-hybridized carbons (Fsp3) is 0.467. The van der Waals surface area contributed by atoms with Crippen molar-refractivity contribution in [3.63, 3.8) is 0 Å². The molecular weight excluding hydrogens is 310 g/mol. The first-order valence-corrected chi connectivity index (χ1v) is 7.95. The highest BCUT2D eigenvalue weighted by Crippen LogP contribution is 2.22. The standard InChI is InChI=1S/C15H19N7O2/c1-3-21-7-11(6-16-21)24-13-9-20(8-12(13)23)15-5-4-14-17-10(2)18-22(14)19-15/h4-7,12-13,23H,3,8-9H2,1-2H3/t12-,13-/m1/s1. The molecule has 1 N–H and O–H groups in total. The summed E-state index contributed by atoms with van der Waals surface area (Å²) in [4.78, 5) is 6.25. The van der Waals surface area contributed by atoms with Crippen LogP contribution in [0.25, 0.3) is 5.65 Å². The number of anilines is 1. The smallest absolute Gasteiger partial charge is 0.176 e. The molecule has 1 aliphatic rings. The van der Waals surface area contributed by atoms with Gasteiger partial charge in [-0.2, -0.15) is 5.10 Å². The summed E-state index contributed by atoms with van der Waals surface area (Å²) in [6.07, 6.45) is 2.58. The van der Waals surface area contributed by atoms with Gasteiger partial charge in [-0.15, -0.1) is 14.8 Å². The van der Waals surface area contributed by atoms with E-state index in [1.165, 1.54) is 4.63 Å². The third-order valence-corrected chi connectivity index (χ3v) is 4.08. The predicted molar refractivity (Wildman–Crippen MR) is 86.1 cm³/mol. The van der Waals surface area contributed by atoms with Crippen molar-refractivity contribution in [1.82, 2.24) is 29.6 Å². The highest BCUT2D eigenvalue weighted by atomic mass is 16.5. The van der Waals surface area contributed by atoms with Crippen molar-refractivity contribution in [1.29, 1.82) is 0 Å². The number of aryl methyl sites for hydroxylation is 2. The first kappa shape index (κ1) is 14.9. The Bertz CT molecular complexity index is 859. The molecule has 0 bridgehead atoms. The number of ether oxygens (including phenoxy) is 1. The zero-order chi connectivity index (χ0) is 16.7. The van der Waals surface area contributed by atoms with Crippen LogP contribution in [-0.4, -0.2) is 60.0 Å². The fourth-order valence-electron chi connectivity index (χ4n) is 2.86. The summed E-state index contributed by atoms with van der Waals surface area (Å²) < 4.78 is 9.17. The molecule has 0 amide bonds. The quantitative estimate of drug-likeness (QED) is 0.734. The van der Waals surface area contributed by atoms with Gasteiger partial charge in [0.15, 0.2) is 17.2 Å². The molecule has 24 heavy (non-hydrogen) atoms. The van der Waals surface area contributed by atoms with Crippen molar-refractivity contribution in [2.75, 3.05) is 18.0 Å². The van der Waals surface area contributed by atoms with E-state index in [0.29, 0.717) is 30.3 Å². The Morgan fingerprint density at radius 2 is 2.17 bits per heavy atom. The van der Waals surface area contributed by atoms with Crippen LogP contribution in [0.3, 0.4) is 0 Å². The molecule has 1 aliphatic heterocycles. The lowest BCUT2D eigenvalue weighted by Gasteiger charge is -2.16. The Kier molecular flexibility index (Phi) is 3.57. The second-order valence-electron chi connectivity index (χ2n) is 5.86. The molecule has 9 heteroatoms. The van der Waals surface area contributed by atoms with Gasteiger partial charge in [0.2, 0.25) is 0 Å². The van der Waals surface area contributed by atoms with Gasteiger partial charge < -0.3 is 14.7 Å². The van der Waals surface area contributed by atoms with Crippen LogP contribution >= 0.6 is 0 Å². The highest BCUT2D eigenvalue weighted by molar-refractivity contribution is 5.46. The molecule has 4 rings (SSSR count). The van der Waals surface area contributed by atoms with Crippen LogP contribution in [-0.2, 0) is 6.54 Å². The van der Waals surface area contributed by atoms with E-state index in [1.807, 2.05) is 37.1 Å². The van der Waals surface area contributed by atoms with Gasteiger partial charge in [0.1, 0.15) is 18.0 Å². The Morgan fingerprint density at radius 1 is 1.29 bits per heavy atom. The van der Waals surface area contributed by atoms with E-state index in [2.05, 4.69) is 20.3 Å². The van der Waals surface area contributed by atoms with E-state index in [0.717, 1.165) is 12.4 Å². The summed E-state index contributed by atoms with van der Waals surface area (Å²) in [5.74, 6) is 2.08. The number of nitrogens with zero attached hydrogens (tertiary/aromatic N) is 7. The SMILES string of the molecule is CCn1cc(O[C@@H]2CN(c3ccc4nc(C)nn4n3)C[C@H]2O)cn1. The van der Waals surface area contributed by atoms with Crippen molar-refractivity contribution in [2.45, 2.75) is 32.6 Å².